The number of halogens is 1. The lowest BCUT2D eigenvalue weighted by atomic mass is 10.4. The van der Waals surface area contributed by atoms with Crippen LogP contribution in [0.4, 0.5) is 5.69 Å². The van der Waals surface area contributed by atoms with E-state index in [4.69, 9.17) is 11.6 Å². The highest BCUT2D eigenvalue weighted by molar-refractivity contribution is 6.29. The van der Waals surface area contributed by atoms with E-state index >= 15 is 0 Å². The predicted molar refractivity (Wildman–Crippen MR) is 73.4 cm³/mol. The molecule has 0 amide bonds. The zero-order valence-corrected chi connectivity index (χ0v) is 11.6. The first kappa shape index (κ1) is 15.2. The van der Waals surface area contributed by atoms with Crippen molar-refractivity contribution in [2.24, 2.45) is 0 Å². The fraction of sp³-hybridized carbons (Fsp3) is 0.615. The van der Waals surface area contributed by atoms with Gasteiger partial charge in [-0.25, -0.2) is 4.98 Å². The quantitative estimate of drug-likeness (QED) is 0.679. The molecule has 0 aliphatic carbocycles. The number of pyridine rings is 1. The van der Waals surface area contributed by atoms with E-state index in [1.807, 2.05) is 46.0 Å². The molecule has 2 rings (SSSR count). The summed E-state index contributed by atoms with van der Waals surface area (Å²) in [6, 6.07) is 3.87. The van der Waals surface area contributed by atoms with Gasteiger partial charge in [-0.3, -0.25) is 0 Å². The number of anilines is 1. The van der Waals surface area contributed by atoms with E-state index in [-0.39, 0.29) is 0 Å². The summed E-state index contributed by atoms with van der Waals surface area (Å²) in [5.74, 6) is 0. The topological polar surface area (TPSA) is 16.1 Å². The molecular weight excluding hydrogens is 220 g/mol. The monoisotopic (exact) mass is 242 g/mol. The second-order valence-corrected chi connectivity index (χ2v) is 3.42. The predicted octanol–water partition coefficient (Wildman–Crippen LogP) is 4.39. The van der Waals surface area contributed by atoms with Crippen molar-refractivity contribution < 1.29 is 0 Å². The van der Waals surface area contributed by atoms with Crippen LogP contribution in [0.15, 0.2) is 18.3 Å². The van der Waals surface area contributed by atoms with Crippen LogP contribution >= 0.6 is 11.6 Å². The van der Waals surface area contributed by atoms with Gasteiger partial charge in [0.15, 0.2) is 0 Å². The third-order valence-corrected chi connectivity index (χ3v) is 2.41. The van der Waals surface area contributed by atoms with Gasteiger partial charge in [0.1, 0.15) is 5.15 Å². The number of rotatable bonds is 1. The van der Waals surface area contributed by atoms with Gasteiger partial charge in [-0.1, -0.05) is 39.3 Å². The highest BCUT2D eigenvalue weighted by Gasteiger charge is 2.11. The zero-order chi connectivity index (χ0) is 12.4. The lowest BCUT2D eigenvalue weighted by Gasteiger charge is -2.16. The molecule has 1 aliphatic heterocycles. The van der Waals surface area contributed by atoms with Gasteiger partial charge in [0.05, 0.1) is 11.9 Å². The van der Waals surface area contributed by atoms with Crippen molar-refractivity contribution >= 4 is 17.3 Å². The fourth-order valence-electron chi connectivity index (χ4n) is 1.53. The van der Waals surface area contributed by atoms with Crippen molar-refractivity contribution in [3.63, 3.8) is 0 Å². The van der Waals surface area contributed by atoms with Crippen molar-refractivity contribution in [3.8, 4) is 0 Å². The summed E-state index contributed by atoms with van der Waals surface area (Å²) >= 11 is 5.69. The molecule has 1 aliphatic rings. The van der Waals surface area contributed by atoms with Crippen LogP contribution in [0, 0.1) is 0 Å². The lowest BCUT2D eigenvalue weighted by Crippen LogP contribution is -2.17. The van der Waals surface area contributed by atoms with Gasteiger partial charge in [0, 0.05) is 13.1 Å². The van der Waals surface area contributed by atoms with Crippen molar-refractivity contribution in [3.05, 3.63) is 23.5 Å². The first-order valence-electron chi connectivity index (χ1n) is 6.23. The van der Waals surface area contributed by atoms with Gasteiger partial charge >= 0.3 is 0 Å². The molecule has 2 nitrogen and oxygen atoms in total. The molecule has 0 N–H and O–H groups in total. The Balaban J connectivity index is 0.000000509. The second kappa shape index (κ2) is 9.46. The van der Waals surface area contributed by atoms with Crippen molar-refractivity contribution in [2.75, 3.05) is 18.0 Å². The van der Waals surface area contributed by atoms with Gasteiger partial charge in [-0.15, -0.1) is 0 Å². The zero-order valence-electron chi connectivity index (χ0n) is 10.8. The van der Waals surface area contributed by atoms with Crippen LogP contribution in [0.3, 0.4) is 0 Å². The molecule has 0 spiro atoms. The third kappa shape index (κ3) is 4.84. The number of aromatic nitrogens is 1. The summed E-state index contributed by atoms with van der Waals surface area (Å²) in [6.07, 6.45) is 4.43. The molecule has 1 fully saturated rings. The largest absolute Gasteiger partial charge is 0.370 e. The second-order valence-electron chi connectivity index (χ2n) is 3.03. The molecular formula is C13H23ClN2. The smallest absolute Gasteiger partial charge is 0.129 e. The maximum atomic E-state index is 5.69. The average Bonchev–Trinajstić information content (AvgIpc) is 2.89. The molecule has 0 aromatic carbocycles. The summed E-state index contributed by atoms with van der Waals surface area (Å²) < 4.78 is 0. The van der Waals surface area contributed by atoms with E-state index < -0.39 is 0 Å². The Morgan fingerprint density at radius 2 is 1.62 bits per heavy atom. The Bertz CT molecular complexity index is 253. The molecule has 1 aromatic heterocycles. The maximum Gasteiger partial charge on any atom is 0.129 e. The van der Waals surface area contributed by atoms with E-state index in [0.29, 0.717) is 5.15 Å². The molecule has 0 saturated carbocycles. The van der Waals surface area contributed by atoms with Gasteiger partial charge in [0.2, 0.25) is 0 Å². The summed E-state index contributed by atoms with van der Waals surface area (Å²) in [5.41, 5.74) is 1.19. The van der Waals surface area contributed by atoms with Crippen molar-refractivity contribution in [2.45, 2.75) is 40.5 Å². The van der Waals surface area contributed by atoms with E-state index in [0.717, 1.165) is 13.1 Å². The summed E-state index contributed by atoms with van der Waals surface area (Å²) in [4.78, 5) is 6.38. The average molecular weight is 243 g/mol. The molecule has 92 valence electrons. The molecule has 2 heterocycles. The Labute approximate surface area is 105 Å². The molecule has 0 bridgehead atoms. The maximum absolute atomic E-state index is 5.69. The van der Waals surface area contributed by atoms with Crippen LogP contribution in [-0.2, 0) is 0 Å². The first-order valence-corrected chi connectivity index (χ1v) is 6.60. The van der Waals surface area contributed by atoms with Crippen LogP contribution in [0.1, 0.15) is 40.5 Å². The Hall–Kier alpha value is -0.760. The van der Waals surface area contributed by atoms with Crippen LogP contribution in [-0.4, -0.2) is 18.1 Å². The molecule has 0 radical (unpaired) electrons. The SMILES string of the molecule is CC.CC.Clc1ccc(N2CCCC2)cn1. The van der Waals surface area contributed by atoms with Crippen molar-refractivity contribution in [1.29, 1.82) is 0 Å². The van der Waals surface area contributed by atoms with Gasteiger partial charge in [-0.05, 0) is 25.0 Å². The molecule has 0 atom stereocenters. The van der Waals surface area contributed by atoms with E-state index in [1.165, 1.54) is 18.5 Å². The Kier molecular flexibility index (Phi) is 9.02. The fourth-order valence-corrected chi connectivity index (χ4v) is 1.64. The molecule has 0 unspecified atom stereocenters. The first-order chi connectivity index (χ1) is 7.86. The van der Waals surface area contributed by atoms with Crippen LogP contribution < -0.4 is 4.90 Å². The molecule has 1 saturated heterocycles. The number of hydrogen-bond donors (Lipinski definition) is 0. The van der Waals surface area contributed by atoms with Gasteiger partial charge in [0.25, 0.3) is 0 Å². The van der Waals surface area contributed by atoms with E-state index in [9.17, 15) is 0 Å². The van der Waals surface area contributed by atoms with Crippen LogP contribution in [0.2, 0.25) is 5.15 Å². The van der Waals surface area contributed by atoms with Crippen molar-refractivity contribution in [1.82, 2.24) is 4.98 Å². The summed E-state index contributed by atoms with van der Waals surface area (Å²) in [5, 5.41) is 0.568. The summed E-state index contributed by atoms with van der Waals surface area (Å²) in [7, 11) is 0. The van der Waals surface area contributed by atoms with Gasteiger partial charge in [-0.2, -0.15) is 0 Å². The van der Waals surface area contributed by atoms with Crippen LogP contribution in [0.25, 0.3) is 0 Å². The van der Waals surface area contributed by atoms with E-state index in [1.54, 1.807) is 0 Å². The number of nitrogens with zero attached hydrogens (tertiary/aromatic N) is 2. The highest BCUT2D eigenvalue weighted by Crippen LogP contribution is 2.19. The van der Waals surface area contributed by atoms with E-state index in [2.05, 4.69) is 9.88 Å². The number of hydrogen-bond acceptors (Lipinski definition) is 2. The third-order valence-electron chi connectivity index (χ3n) is 2.18. The minimum atomic E-state index is 0.568. The molecule has 1 aromatic rings. The Morgan fingerprint density at radius 3 is 2.06 bits per heavy atom. The minimum absolute atomic E-state index is 0.568. The minimum Gasteiger partial charge on any atom is -0.370 e. The molecule has 16 heavy (non-hydrogen) atoms. The summed E-state index contributed by atoms with van der Waals surface area (Å²) in [6.45, 7) is 10.3. The standard InChI is InChI=1S/C9H11ClN2.2C2H6/c10-9-4-3-8(7-11-9)12-5-1-2-6-12;2*1-2/h3-4,7H,1-2,5-6H2;2*1-2H3. The van der Waals surface area contributed by atoms with Gasteiger partial charge < -0.3 is 4.90 Å². The Morgan fingerprint density at radius 1 is 1.06 bits per heavy atom. The normalized spacial score (nSPS) is 13.4. The highest BCUT2D eigenvalue weighted by atomic mass is 35.5. The lowest BCUT2D eigenvalue weighted by molar-refractivity contribution is 0.949. The van der Waals surface area contributed by atoms with Crippen LogP contribution in [0.5, 0.6) is 0 Å². The molecule has 3 heteroatoms.